The molecule has 1 N–H and O–H groups in total. The first-order valence-corrected chi connectivity index (χ1v) is 9.59. The number of rotatable bonds is 5. The monoisotopic (exact) mass is 387 g/mol. The van der Waals surface area contributed by atoms with Crippen LogP contribution in [0.2, 0.25) is 0 Å². The molecule has 1 aliphatic heterocycles. The van der Waals surface area contributed by atoms with Crippen LogP contribution in [0.1, 0.15) is 24.5 Å². The van der Waals surface area contributed by atoms with Crippen molar-refractivity contribution in [3.63, 3.8) is 0 Å². The second kappa shape index (κ2) is 7.75. The molecule has 0 atom stereocenters. The molecular weight excluding hydrogens is 366 g/mol. The fourth-order valence-corrected chi connectivity index (χ4v) is 3.58. The van der Waals surface area contributed by atoms with Crippen molar-refractivity contribution in [2.45, 2.75) is 26.4 Å². The minimum atomic E-state index is -0.700. The van der Waals surface area contributed by atoms with Crippen molar-refractivity contribution in [2.24, 2.45) is 0 Å². The lowest BCUT2D eigenvalue weighted by atomic mass is 10.1. The Bertz CT molecular complexity index is 1130. The molecule has 0 aliphatic carbocycles. The van der Waals surface area contributed by atoms with Gasteiger partial charge in [0.1, 0.15) is 5.57 Å². The zero-order valence-electron chi connectivity index (χ0n) is 16.1. The van der Waals surface area contributed by atoms with E-state index in [1.54, 1.807) is 6.08 Å². The molecule has 0 unspecified atom stereocenters. The summed E-state index contributed by atoms with van der Waals surface area (Å²) in [6.07, 6.45) is 4.49. The van der Waals surface area contributed by atoms with E-state index in [4.69, 9.17) is 0 Å². The number of carbonyl (C=O) groups is 3. The van der Waals surface area contributed by atoms with Crippen molar-refractivity contribution >= 4 is 34.8 Å². The fourth-order valence-electron chi connectivity index (χ4n) is 3.58. The van der Waals surface area contributed by atoms with Crippen molar-refractivity contribution in [1.29, 1.82) is 0 Å². The summed E-state index contributed by atoms with van der Waals surface area (Å²) < 4.78 is 2.11. The lowest BCUT2D eigenvalue weighted by molar-refractivity contribution is -0.130. The molecule has 1 aliphatic rings. The number of hydrogen-bond donors (Lipinski definition) is 1. The molecule has 6 nitrogen and oxygen atoms in total. The Labute approximate surface area is 168 Å². The van der Waals surface area contributed by atoms with E-state index in [1.807, 2.05) is 60.8 Å². The van der Waals surface area contributed by atoms with Crippen LogP contribution in [0.15, 0.2) is 66.4 Å². The third kappa shape index (κ3) is 3.57. The van der Waals surface area contributed by atoms with E-state index in [1.165, 1.54) is 0 Å². The number of barbiturate groups is 1. The summed E-state index contributed by atoms with van der Waals surface area (Å²) in [6, 6.07) is 16.4. The number of imide groups is 2. The van der Waals surface area contributed by atoms with Gasteiger partial charge in [0.15, 0.2) is 0 Å². The zero-order valence-corrected chi connectivity index (χ0v) is 16.1. The number of benzene rings is 2. The predicted octanol–water partition coefficient (Wildman–Crippen LogP) is 3.71. The zero-order chi connectivity index (χ0) is 20.4. The maximum Gasteiger partial charge on any atom is 0.331 e. The number of nitrogens with zero attached hydrogens (tertiary/aromatic N) is 2. The van der Waals surface area contributed by atoms with Gasteiger partial charge in [-0.15, -0.1) is 0 Å². The van der Waals surface area contributed by atoms with Gasteiger partial charge >= 0.3 is 6.03 Å². The number of hydrogen-bond acceptors (Lipinski definition) is 3. The van der Waals surface area contributed by atoms with Crippen LogP contribution in [0.25, 0.3) is 17.0 Å². The standard InChI is InChI=1S/C23H21N3O3/c1-2-12-25-15-17(18-10-6-7-11-20(18)25)13-19-21(27)24-23(29)26(22(19)28)14-16-8-4-3-5-9-16/h3-11,13,15H,2,12,14H2,1H3,(H,24,27,29)/b19-13+. The van der Waals surface area contributed by atoms with E-state index in [2.05, 4.69) is 16.8 Å². The predicted molar refractivity (Wildman–Crippen MR) is 111 cm³/mol. The van der Waals surface area contributed by atoms with Crippen LogP contribution in [0.4, 0.5) is 4.79 Å². The Morgan fingerprint density at radius 2 is 1.69 bits per heavy atom. The molecule has 1 fully saturated rings. The van der Waals surface area contributed by atoms with Crippen LogP contribution in [0, 0.1) is 0 Å². The molecule has 3 aromatic rings. The maximum atomic E-state index is 13.0. The van der Waals surface area contributed by atoms with E-state index in [0.29, 0.717) is 0 Å². The molecule has 2 aromatic carbocycles. The molecule has 2 heterocycles. The van der Waals surface area contributed by atoms with Gasteiger partial charge in [-0.2, -0.15) is 0 Å². The lowest BCUT2D eigenvalue weighted by Gasteiger charge is -2.26. The first kappa shape index (κ1) is 18.7. The second-order valence-electron chi connectivity index (χ2n) is 6.99. The van der Waals surface area contributed by atoms with Gasteiger partial charge in [-0.05, 0) is 24.1 Å². The van der Waals surface area contributed by atoms with E-state index in [0.717, 1.165) is 39.9 Å². The van der Waals surface area contributed by atoms with Gasteiger partial charge in [-0.1, -0.05) is 55.5 Å². The molecule has 4 rings (SSSR count). The van der Waals surface area contributed by atoms with E-state index in [-0.39, 0.29) is 12.1 Å². The lowest BCUT2D eigenvalue weighted by Crippen LogP contribution is -2.53. The molecule has 146 valence electrons. The largest absolute Gasteiger partial charge is 0.347 e. The molecule has 6 heteroatoms. The molecule has 1 aromatic heterocycles. The summed E-state index contributed by atoms with van der Waals surface area (Å²) >= 11 is 0. The van der Waals surface area contributed by atoms with E-state index in [9.17, 15) is 14.4 Å². The Kier molecular flexibility index (Phi) is 4.99. The minimum Gasteiger partial charge on any atom is -0.347 e. The first-order valence-electron chi connectivity index (χ1n) is 9.59. The van der Waals surface area contributed by atoms with Gasteiger partial charge in [0.05, 0.1) is 6.54 Å². The topological polar surface area (TPSA) is 71.4 Å². The summed E-state index contributed by atoms with van der Waals surface area (Å²) in [6.45, 7) is 3.04. The molecule has 0 spiro atoms. The smallest absolute Gasteiger partial charge is 0.331 e. The van der Waals surface area contributed by atoms with Crippen LogP contribution in [-0.2, 0) is 22.7 Å². The van der Waals surface area contributed by atoms with Crippen LogP contribution >= 0.6 is 0 Å². The molecule has 0 bridgehead atoms. The SMILES string of the molecule is CCCn1cc(/C=C2\C(=O)NC(=O)N(Cc3ccccc3)C2=O)c2ccccc21. The highest BCUT2D eigenvalue weighted by Gasteiger charge is 2.35. The summed E-state index contributed by atoms with van der Waals surface area (Å²) in [7, 11) is 0. The summed E-state index contributed by atoms with van der Waals surface area (Å²) in [5, 5.41) is 3.24. The van der Waals surface area contributed by atoms with Crippen molar-refractivity contribution in [3.8, 4) is 0 Å². The van der Waals surface area contributed by atoms with Crippen LogP contribution in [0.5, 0.6) is 0 Å². The van der Waals surface area contributed by atoms with Gasteiger partial charge < -0.3 is 4.57 Å². The number of aromatic nitrogens is 1. The highest BCUT2D eigenvalue weighted by molar-refractivity contribution is 6.31. The summed E-state index contributed by atoms with van der Waals surface area (Å²) in [4.78, 5) is 38.7. The third-order valence-corrected chi connectivity index (χ3v) is 4.95. The number of amides is 4. The summed E-state index contributed by atoms with van der Waals surface area (Å²) in [5.74, 6) is -1.26. The number of para-hydroxylation sites is 1. The number of carbonyl (C=O) groups excluding carboxylic acids is 3. The number of urea groups is 1. The van der Waals surface area contributed by atoms with Crippen LogP contribution < -0.4 is 5.32 Å². The second-order valence-corrected chi connectivity index (χ2v) is 6.99. The molecular formula is C23H21N3O3. The van der Waals surface area contributed by atoms with Crippen molar-refractivity contribution in [3.05, 3.63) is 77.5 Å². The Morgan fingerprint density at radius 3 is 2.45 bits per heavy atom. The highest BCUT2D eigenvalue weighted by Crippen LogP contribution is 2.25. The van der Waals surface area contributed by atoms with Gasteiger partial charge in [-0.3, -0.25) is 19.8 Å². The van der Waals surface area contributed by atoms with Gasteiger partial charge in [-0.25, -0.2) is 4.79 Å². The Morgan fingerprint density at radius 1 is 0.966 bits per heavy atom. The van der Waals surface area contributed by atoms with Crippen LogP contribution in [0.3, 0.4) is 0 Å². The maximum absolute atomic E-state index is 13.0. The van der Waals surface area contributed by atoms with E-state index >= 15 is 0 Å². The molecule has 0 radical (unpaired) electrons. The Hall–Kier alpha value is -3.67. The minimum absolute atomic E-state index is 0.0417. The van der Waals surface area contributed by atoms with Gasteiger partial charge in [0.2, 0.25) is 0 Å². The van der Waals surface area contributed by atoms with E-state index < -0.39 is 17.8 Å². The molecule has 0 saturated carbocycles. The molecule has 29 heavy (non-hydrogen) atoms. The number of aryl methyl sites for hydroxylation is 1. The quantitative estimate of drug-likeness (QED) is 0.536. The fraction of sp³-hybridized carbons (Fsp3) is 0.174. The average Bonchev–Trinajstić information content (AvgIpc) is 3.07. The number of fused-ring (bicyclic) bond motifs is 1. The van der Waals surface area contributed by atoms with Crippen molar-refractivity contribution in [1.82, 2.24) is 14.8 Å². The average molecular weight is 387 g/mol. The molecule has 1 saturated heterocycles. The van der Waals surface area contributed by atoms with Gasteiger partial charge in [0.25, 0.3) is 11.8 Å². The van der Waals surface area contributed by atoms with Crippen molar-refractivity contribution in [2.75, 3.05) is 0 Å². The normalized spacial score (nSPS) is 16.0. The summed E-state index contributed by atoms with van der Waals surface area (Å²) in [5.41, 5.74) is 2.59. The first-order chi connectivity index (χ1) is 14.1. The Balaban J connectivity index is 1.73. The number of nitrogens with one attached hydrogen (secondary N) is 1. The van der Waals surface area contributed by atoms with Crippen LogP contribution in [-0.4, -0.2) is 27.3 Å². The molecule has 4 amide bonds. The highest BCUT2D eigenvalue weighted by atomic mass is 16.2. The van der Waals surface area contributed by atoms with Gasteiger partial charge in [0, 0.05) is 29.2 Å². The third-order valence-electron chi connectivity index (χ3n) is 4.95. The van der Waals surface area contributed by atoms with Crippen molar-refractivity contribution < 1.29 is 14.4 Å².